The van der Waals surface area contributed by atoms with Gasteiger partial charge in [0, 0.05) is 6.54 Å². The van der Waals surface area contributed by atoms with E-state index in [9.17, 15) is 0 Å². The number of hydrogen-bond donors (Lipinski definition) is 1. The predicted octanol–water partition coefficient (Wildman–Crippen LogP) is 2.62. The summed E-state index contributed by atoms with van der Waals surface area (Å²) in [6.45, 7) is 2.48. The Bertz CT molecular complexity index is 220. The van der Waals surface area contributed by atoms with E-state index in [0.29, 0.717) is 10.9 Å². The van der Waals surface area contributed by atoms with Crippen molar-refractivity contribution in [1.82, 2.24) is 4.90 Å². The summed E-state index contributed by atoms with van der Waals surface area (Å²) in [4.78, 5) is 1.65. The number of thiocarbonyl (C=S) groups is 1. The minimum Gasteiger partial charge on any atom is -0.349 e. The minimum atomic E-state index is -1.50. The summed E-state index contributed by atoms with van der Waals surface area (Å²) in [5.74, 6) is 0. The number of nitrogens with zero attached hydrogens (tertiary/aromatic N) is 1. The van der Waals surface area contributed by atoms with E-state index in [1.807, 2.05) is 6.92 Å². The molecule has 0 saturated carbocycles. The van der Waals surface area contributed by atoms with Gasteiger partial charge < -0.3 is 9.64 Å². The van der Waals surface area contributed by atoms with Crippen LogP contribution in [-0.4, -0.2) is 31.9 Å². The normalized spacial score (nSPS) is 29.5. The number of ether oxygens (including phenoxy) is 1. The van der Waals surface area contributed by atoms with Crippen molar-refractivity contribution in [3.63, 3.8) is 0 Å². The smallest absolute Gasteiger partial charge is 0.234 e. The number of thiol groups is 1. The molecule has 1 aliphatic heterocycles. The predicted molar refractivity (Wildman–Crippen MR) is 62.9 cm³/mol. The van der Waals surface area contributed by atoms with E-state index in [-0.39, 0.29) is 6.10 Å². The van der Waals surface area contributed by atoms with Gasteiger partial charge in [-0.15, -0.1) is 12.6 Å². The average molecular weight is 281 g/mol. The molecule has 2 atom stereocenters. The lowest BCUT2D eigenvalue weighted by molar-refractivity contribution is 0.0309. The van der Waals surface area contributed by atoms with Crippen LogP contribution in [0.15, 0.2) is 0 Å². The van der Waals surface area contributed by atoms with Gasteiger partial charge in [-0.25, -0.2) is 0 Å². The Morgan fingerprint density at radius 1 is 1.62 bits per heavy atom. The average Bonchev–Trinajstić information content (AvgIpc) is 2.29. The second-order valence-electron chi connectivity index (χ2n) is 2.78. The van der Waals surface area contributed by atoms with Gasteiger partial charge in [-0.3, -0.25) is 0 Å². The molecule has 1 aliphatic rings. The number of halogens is 3. The Morgan fingerprint density at radius 2 is 2.15 bits per heavy atom. The van der Waals surface area contributed by atoms with Crippen LogP contribution in [0.1, 0.15) is 6.92 Å². The molecule has 1 fully saturated rings. The van der Waals surface area contributed by atoms with Crippen LogP contribution < -0.4 is 0 Å². The molecule has 0 aromatic heterocycles. The molecule has 1 saturated heterocycles. The van der Waals surface area contributed by atoms with E-state index < -0.39 is 10.0 Å². The van der Waals surface area contributed by atoms with E-state index in [1.54, 1.807) is 4.90 Å². The van der Waals surface area contributed by atoms with Gasteiger partial charge in [0.1, 0.15) is 4.32 Å². The molecule has 0 N–H and O–H groups in total. The first-order valence-corrected chi connectivity index (χ1v) is 5.53. The molecule has 13 heavy (non-hydrogen) atoms. The lowest BCUT2D eigenvalue weighted by Crippen LogP contribution is -2.41. The lowest BCUT2D eigenvalue weighted by atomic mass is 10.4. The van der Waals surface area contributed by atoms with Crippen molar-refractivity contribution in [3.05, 3.63) is 0 Å². The fraction of sp³-hybridized carbons (Fsp3) is 0.833. The highest BCUT2D eigenvalue weighted by Gasteiger charge is 2.44. The summed E-state index contributed by atoms with van der Waals surface area (Å²) in [5, 5.41) is 0. The summed E-state index contributed by atoms with van der Waals surface area (Å²) < 4.78 is 4.27. The van der Waals surface area contributed by atoms with Crippen LogP contribution in [0, 0.1) is 0 Å². The van der Waals surface area contributed by atoms with Crippen LogP contribution in [0.5, 0.6) is 0 Å². The monoisotopic (exact) mass is 279 g/mol. The van der Waals surface area contributed by atoms with Crippen LogP contribution in [0.2, 0.25) is 0 Å². The van der Waals surface area contributed by atoms with E-state index in [2.05, 4.69) is 12.6 Å². The summed E-state index contributed by atoms with van der Waals surface area (Å²) in [6.07, 6.45) is -0.650. The van der Waals surface area contributed by atoms with Crippen molar-refractivity contribution in [2.45, 2.75) is 23.0 Å². The van der Waals surface area contributed by atoms with Crippen molar-refractivity contribution >= 4 is 64.0 Å². The molecule has 76 valence electrons. The standard InChI is InChI=1S/C6H8Cl3NOS2/c1-3-2-10(5(12)13)4(11-3)6(7,8)9/h3-4H,2H2,1H3,(H,12,13). The van der Waals surface area contributed by atoms with Gasteiger partial charge in [-0.05, 0) is 6.92 Å². The van der Waals surface area contributed by atoms with Gasteiger partial charge in [0.25, 0.3) is 0 Å². The highest BCUT2D eigenvalue weighted by molar-refractivity contribution is 8.10. The van der Waals surface area contributed by atoms with Crippen LogP contribution in [0.4, 0.5) is 0 Å². The molecule has 2 unspecified atom stereocenters. The van der Waals surface area contributed by atoms with Crippen molar-refractivity contribution in [1.29, 1.82) is 0 Å². The first-order valence-electron chi connectivity index (χ1n) is 3.54. The number of alkyl halides is 3. The zero-order chi connectivity index (χ0) is 10.2. The van der Waals surface area contributed by atoms with Gasteiger partial charge in [0.05, 0.1) is 6.10 Å². The molecule has 2 nitrogen and oxygen atoms in total. The maximum absolute atomic E-state index is 5.71. The Kier molecular flexibility index (Phi) is 4.01. The Labute approximate surface area is 103 Å². The second-order valence-corrected chi connectivity index (χ2v) is 6.26. The number of rotatable bonds is 0. The van der Waals surface area contributed by atoms with Crippen molar-refractivity contribution in [2.24, 2.45) is 0 Å². The molecule has 0 bridgehead atoms. The number of hydrogen-bond acceptors (Lipinski definition) is 2. The van der Waals surface area contributed by atoms with Gasteiger partial charge in [0.2, 0.25) is 3.79 Å². The summed E-state index contributed by atoms with van der Waals surface area (Å²) in [5.41, 5.74) is 0. The molecule has 0 aromatic carbocycles. The van der Waals surface area contributed by atoms with E-state index in [0.717, 1.165) is 0 Å². The molecule has 0 spiro atoms. The molecular weight excluding hydrogens is 273 g/mol. The van der Waals surface area contributed by atoms with E-state index in [1.165, 1.54) is 0 Å². The maximum Gasteiger partial charge on any atom is 0.234 e. The molecule has 0 radical (unpaired) electrons. The van der Waals surface area contributed by atoms with Gasteiger partial charge >= 0.3 is 0 Å². The second kappa shape index (κ2) is 4.29. The first-order chi connectivity index (χ1) is 5.82. The summed E-state index contributed by atoms with van der Waals surface area (Å²) in [7, 11) is 0. The zero-order valence-electron chi connectivity index (χ0n) is 6.71. The van der Waals surface area contributed by atoms with Gasteiger partial charge in [-0.2, -0.15) is 0 Å². The first kappa shape index (κ1) is 12.1. The molecule has 1 rings (SSSR count). The SMILES string of the molecule is CC1CN(C(=S)S)C(C(Cl)(Cl)Cl)O1. The molecule has 0 aliphatic carbocycles. The topological polar surface area (TPSA) is 12.5 Å². The fourth-order valence-corrected chi connectivity index (χ4v) is 2.01. The van der Waals surface area contributed by atoms with Crippen LogP contribution in [0.25, 0.3) is 0 Å². The lowest BCUT2D eigenvalue weighted by Gasteiger charge is -2.28. The van der Waals surface area contributed by atoms with Crippen molar-refractivity contribution < 1.29 is 4.74 Å². The van der Waals surface area contributed by atoms with Gasteiger partial charge in [-0.1, -0.05) is 47.0 Å². The minimum absolute atomic E-state index is 0.00859. The van der Waals surface area contributed by atoms with Gasteiger partial charge in [0.15, 0.2) is 6.23 Å². The summed E-state index contributed by atoms with van der Waals surface area (Å²) >= 11 is 26.1. The third-order valence-electron chi connectivity index (χ3n) is 1.62. The molecular formula is C6H8Cl3NOS2. The molecule has 0 aromatic rings. The van der Waals surface area contributed by atoms with E-state index >= 15 is 0 Å². The molecule has 1 heterocycles. The van der Waals surface area contributed by atoms with Crippen molar-refractivity contribution in [2.75, 3.05) is 6.54 Å². The van der Waals surface area contributed by atoms with Crippen LogP contribution >= 0.6 is 59.6 Å². The Morgan fingerprint density at radius 3 is 2.46 bits per heavy atom. The third kappa shape index (κ3) is 3.01. The largest absolute Gasteiger partial charge is 0.349 e. The van der Waals surface area contributed by atoms with Crippen LogP contribution in [0.3, 0.4) is 0 Å². The Balaban J connectivity index is 2.78. The molecule has 0 amide bonds. The maximum atomic E-state index is 5.71. The highest BCUT2D eigenvalue weighted by atomic mass is 35.6. The van der Waals surface area contributed by atoms with Crippen molar-refractivity contribution in [3.8, 4) is 0 Å². The highest BCUT2D eigenvalue weighted by Crippen LogP contribution is 2.38. The molecule has 7 heteroatoms. The van der Waals surface area contributed by atoms with E-state index in [4.69, 9.17) is 51.8 Å². The Hall–Kier alpha value is 1.07. The quantitative estimate of drug-likeness (QED) is 0.416. The summed E-state index contributed by atoms with van der Waals surface area (Å²) in [6, 6.07) is 0. The fourth-order valence-electron chi connectivity index (χ4n) is 1.14. The van der Waals surface area contributed by atoms with Crippen LogP contribution in [-0.2, 0) is 4.74 Å². The third-order valence-corrected chi connectivity index (χ3v) is 2.68. The zero-order valence-corrected chi connectivity index (χ0v) is 10.7.